The maximum atomic E-state index is 5.33. The second-order valence-corrected chi connectivity index (χ2v) is 5.94. The molecule has 2 aromatic heterocycles. The minimum Gasteiger partial charge on any atom is -0.308 e. The maximum Gasteiger partial charge on any atom is 0.139 e. The van der Waals surface area contributed by atoms with E-state index in [4.69, 9.17) is 5.84 Å². The molecule has 0 bridgehead atoms. The van der Waals surface area contributed by atoms with Gasteiger partial charge in [0.25, 0.3) is 0 Å². The van der Waals surface area contributed by atoms with Crippen LogP contribution in [0.2, 0.25) is 0 Å². The van der Waals surface area contributed by atoms with Crippen molar-refractivity contribution in [2.24, 2.45) is 5.84 Å². The Morgan fingerprint density at radius 3 is 2.79 bits per heavy atom. The molecule has 0 amide bonds. The van der Waals surface area contributed by atoms with Crippen molar-refractivity contribution in [2.45, 2.75) is 32.0 Å². The van der Waals surface area contributed by atoms with Crippen LogP contribution in [0.1, 0.15) is 23.3 Å². The third-order valence-electron chi connectivity index (χ3n) is 3.36. The van der Waals surface area contributed by atoms with Crippen molar-refractivity contribution < 1.29 is 0 Å². The minimum absolute atomic E-state index is 0.708. The van der Waals surface area contributed by atoms with Crippen molar-refractivity contribution in [1.29, 1.82) is 0 Å². The van der Waals surface area contributed by atoms with E-state index in [0.29, 0.717) is 5.82 Å². The van der Waals surface area contributed by atoms with E-state index in [0.717, 1.165) is 19.1 Å². The highest BCUT2D eigenvalue weighted by atomic mass is 32.1. The fourth-order valence-corrected chi connectivity index (χ4v) is 2.92. The molecule has 1 aliphatic carbocycles. The van der Waals surface area contributed by atoms with Gasteiger partial charge < -0.3 is 5.43 Å². The predicted octanol–water partition coefficient (Wildman–Crippen LogP) is 2.59. The number of hydrogen-bond acceptors (Lipinski definition) is 5. The lowest BCUT2D eigenvalue weighted by atomic mass is 10.2. The van der Waals surface area contributed by atoms with Crippen LogP contribution in [0.3, 0.4) is 0 Å². The van der Waals surface area contributed by atoms with Gasteiger partial charge in [-0.1, -0.05) is 12.1 Å². The van der Waals surface area contributed by atoms with Crippen molar-refractivity contribution in [2.75, 3.05) is 5.43 Å². The number of aromatic nitrogens is 1. The SMILES string of the molecule is NNc1ccc(CN(Cc2cccs2)C2CC2)cn1. The Morgan fingerprint density at radius 1 is 1.32 bits per heavy atom. The van der Waals surface area contributed by atoms with Crippen LogP contribution in [0.15, 0.2) is 35.8 Å². The summed E-state index contributed by atoms with van der Waals surface area (Å²) in [5, 5.41) is 2.14. The summed E-state index contributed by atoms with van der Waals surface area (Å²) < 4.78 is 0. The van der Waals surface area contributed by atoms with E-state index in [-0.39, 0.29) is 0 Å². The number of pyridine rings is 1. The van der Waals surface area contributed by atoms with Crippen molar-refractivity contribution in [1.82, 2.24) is 9.88 Å². The highest BCUT2D eigenvalue weighted by Crippen LogP contribution is 2.30. The molecule has 3 N–H and O–H groups in total. The zero-order valence-electron chi connectivity index (χ0n) is 10.7. The fraction of sp³-hybridized carbons (Fsp3) is 0.357. The van der Waals surface area contributed by atoms with Crippen LogP contribution in [0.5, 0.6) is 0 Å². The van der Waals surface area contributed by atoms with Gasteiger partial charge in [0.2, 0.25) is 0 Å². The Balaban J connectivity index is 1.66. The molecule has 0 radical (unpaired) electrons. The molecule has 3 rings (SSSR count). The molecular formula is C14H18N4S. The van der Waals surface area contributed by atoms with Gasteiger partial charge in [-0.2, -0.15) is 0 Å². The predicted molar refractivity (Wildman–Crippen MR) is 78.6 cm³/mol. The summed E-state index contributed by atoms with van der Waals surface area (Å²) in [4.78, 5) is 8.24. The topological polar surface area (TPSA) is 54.2 Å². The zero-order valence-corrected chi connectivity index (χ0v) is 11.6. The summed E-state index contributed by atoms with van der Waals surface area (Å²) in [6.45, 7) is 2.00. The summed E-state index contributed by atoms with van der Waals surface area (Å²) in [6.07, 6.45) is 4.54. The minimum atomic E-state index is 0.708. The van der Waals surface area contributed by atoms with E-state index < -0.39 is 0 Å². The number of nitrogens with two attached hydrogens (primary N) is 1. The van der Waals surface area contributed by atoms with Crippen molar-refractivity contribution >= 4 is 17.2 Å². The lowest BCUT2D eigenvalue weighted by molar-refractivity contribution is 0.248. The van der Waals surface area contributed by atoms with Gasteiger partial charge in [0.15, 0.2) is 0 Å². The number of rotatable bonds is 6. The van der Waals surface area contributed by atoms with Crippen LogP contribution in [0, 0.1) is 0 Å². The highest BCUT2D eigenvalue weighted by Gasteiger charge is 2.29. The van der Waals surface area contributed by atoms with Gasteiger partial charge in [0.05, 0.1) is 0 Å². The van der Waals surface area contributed by atoms with Crippen LogP contribution in [0.25, 0.3) is 0 Å². The standard InChI is InChI=1S/C14H18N4S/c15-17-14-6-3-11(8-16-14)9-18(12-4-5-12)10-13-2-1-7-19-13/h1-3,6-8,12H,4-5,9-10,15H2,(H,16,17). The smallest absolute Gasteiger partial charge is 0.139 e. The van der Waals surface area contributed by atoms with Gasteiger partial charge in [-0.3, -0.25) is 4.90 Å². The van der Waals surface area contributed by atoms with Crippen molar-refractivity contribution in [3.63, 3.8) is 0 Å². The van der Waals surface area contributed by atoms with E-state index in [9.17, 15) is 0 Å². The number of nitrogens with zero attached hydrogens (tertiary/aromatic N) is 2. The number of nitrogen functional groups attached to an aromatic ring is 1. The van der Waals surface area contributed by atoms with Crippen LogP contribution in [-0.4, -0.2) is 15.9 Å². The van der Waals surface area contributed by atoms with Crippen LogP contribution >= 0.6 is 11.3 Å². The normalized spacial score (nSPS) is 14.8. The molecule has 0 saturated heterocycles. The van der Waals surface area contributed by atoms with Crippen LogP contribution in [0.4, 0.5) is 5.82 Å². The summed E-state index contributed by atoms with van der Waals surface area (Å²) in [5.74, 6) is 6.04. The van der Waals surface area contributed by atoms with Crippen LogP contribution in [-0.2, 0) is 13.1 Å². The van der Waals surface area contributed by atoms with E-state index in [1.807, 2.05) is 23.6 Å². The number of anilines is 1. The van der Waals surface area contributed by atoms with Gasteiger partial charge >= 0.3 is 0 Å². The van der Waals surface area contributed by atoms with Gasteiger partial charge in [-0.15, -0.1) is 11.3 Å². The van der Waals surface area contributed by atoms with Crippen molar-refractivity contribution in [3.8, 4) is 0 Å². The molecular weight excluding hydrogens is 256 g/mol. The number of hydrazine groups is 1. The Hall–Kier alpha value is -1.43. The molecule has 0 aliphatic heterocycles. The van der Waals surface area contributed by atoms with Gasteiger partial charge in [0.1, 0.15) is 5.82 Å². The van der Waals surface area contributed by atoms with Gasteiger partial charge in [-0.05, 0) is 35.9 Å². The molecule has 0 spiro atoms. The number of hydrogen-bond donors (Lipinski definition) is 2. The molecule has 100 valence electrons. The average molecular weight is 274 g/mol. The third kappa shape index (κ3) is 3.32. The lowest BCUT2D eigenvalue weighted by Crippen LogP contribution is -2.24. The fourth-order valence-electron chi connectivity index (χ4n) is 2.19. The highest BCUT2D eigenvalue weighted by molar-refractivity contribution is 7.09. The molecule has 2 aromatic rings. The Kier molecular flexibility index (Phi) is 3.77. The number of thiophene rings is 1. The third-order valence-corrected chi connectivity index (χ3v) is 4.22. The Bertz CT molecular complexity index is 505. The zero-order chi connectivity index (χ0) is 13.1. The second kappa shape index (κ2) is 5.69. The molecule has 4 nitrogen and oxygen atoms in total. The summed E-state index contributed by atoms with van der Waals surface area (Å²) in [7, 11) is 0. The quantitative estimate of drug-likeness (QED) is 0.628. The molecule has 19 heavy (non-hydrogen) atoms. The average Bonchev–Trinajstić information content (AvgIpc) is 3.17. The Morgan fingerprint density at radius 2 is 2.21 bits per heavy atom. The molecule has 0 unspecified atom stereocenters. The van der Waals surface area contributed by atoms with Crippen molar-refractivity contribution in [3.05, 3.63) is 46.3 Å². The first-order chi connectivity index (χ1) is 9.35. The van der Waals surface area contributed by atoms with Crippen LogP contribution < -0.4 is 11.3 Å². The molecule has 2 heterocycles. The monoisotopic (exact) mass is 274 g/mol. The summed E-state index contributed by atoms with van der Waals surface area (Å²) in [5.41, 5.74) is 3.79. The molecule has 0 aromatic carbocycles. The van der Waals surface area contributed by atoms with E-state index in [1.165, 1.54) is 23.3 Å². The molecule has 1 fully saturated rings. The second-order valence-electron chi connectivity index (χ2n) is 4.91. The van der Waals surface area contributed by atoms with E-state index in [2.05, 4.69) is 38.9 Å². The summed E-state index contributed by atoms with van der Waals surface area (Å²) >= 11 is 1.83. The summed E-state index contributed by atoms with van der Waals surface area (Å²) in [6, 6.07) is 9.08. The van der Waals surface area contributed by atoms with Gasteiger partial charge in [-0.25, -0.2) is 10.8 Å². The number of nitrogens with one attached hydrogen (secondary N) is 1. The first kappa shape index (κ1) is 12.6. The molecule has 5 heteroatoms. The first-order valence-electron chi connectivity index (χ1n) is 6.53. The van der Waals surface area contributed by atoms with E-state index >= 15 is 0 Å². The molecule has 1 aliphatic rings. The maximum absolute atomic E-state index is 5.33. The largest absolute Gasteiger partial charge is 0.308 e. The molecule has 0 atom stereocenters. The first-order valence-corrected chi connectivity index (χ1v) is 7.41. The van der Waals surface area contributed by atoms with Gasteiger partial charge in [0, 0.05) is 30.2 Å². The molecule has 1 saturated carbocycles. The Labute approximate surface area is 117 Å². The lowest BCUT2D eigenvalue weighted by Gasteiger charge is -2.21. The van der Waals surface area contributed by atoms with E-state index in [1.54, 1.807) is 0 Å².